The lowest BCUT2D eigenvalue weighted by atomic mass is 10.8. The minimum atomic E-state index is -3.36. The fourth-order valence-electron chi connectivity index (χ4n) is 1.12. The monoisotopic (exact) mass is 302 g/mol. The second kappa shape index (κ2) is 8.84. The smallest absolute Gasteiger partial charge is 0.153 e. The molecule has 0 heterocycles. The van der Waals surface area contributed by atoms with E-state index in [1.54, 1.807) is 13.8 Å². The summed E-state index contributed by atoms with van der Waals surface area (Å²) < 4.78 is 55.9. The van der Waals surface area contributed by atoms with Crippen LogP contribution >= 0.6 is 0 Å². The van der Waals surface area contributed by atoms with Crippen molar-refractivity contribution in [2.45, 2.75) is 13.8 Å². The first-order chi connectivity index (χ1) is 8.33. The molecule has 0 unspecified atom stereocenters. The third kappa shape index (κ3) is 9.81. The summed E-state index contributed by atoms with van der Waals surface area (Å²) in [6.45, 7) is 4.65. The average Bonchev–Trinajstić information content (AvgIpc) is 2.27. The first-order valence-electron chi connectivity index (χ1n) is 5.89. The number of rotatable bonds is 11. The van der Waals surface area contributed by atoms with Crippen molar-refractivity contribution in [2.24, 2.45) is 0 Å². The molecule has 0 aromatic carbocycles. The molecule has 0 saturated heterocycles. The molecule has 0 bridgehead atoms. The molecule has 0 atom stereocenters. The van der Waals surface area contributed by atoms with Crippen molar-refractivity contribution in [2.75, 3.05) is 49.4 Å². The van der Waals surface area contributed by atoms with E-state index in [1.165, 1.54) is 0 Å². The highest BCUT2D eigenvalue weighted by Gasteiger charge is 2.17. The van der Waals surface area contributed by atoms with Gasteiger partial charge in [0.05, 0.1) is 36.2 Å². The van der Waals surface area contributed by atoms with Gasteiger partial charge in [0, 0.05) is 13.2 Å². The Morgan fingerprint density at radius 1 is 0.667 bits per heavy atom. The van der Waals surface area contributed by atoms with Crippen molar-refractivity contribution in [3.63, 3.8) is 0 Å². The molecular formula is C10H22O6S2. The Kier molecular flexibility index (Phi) is 8.75. The van der Waals surface area contributed by atoms with Gasteiger partial charge in [0.2, 0.25) is 0 Å². The molecule has 0 radical (unpaired) electrons. The topological polar surface area (TPSA) is 86.7 Å². The van der Waals surface area contributed by atoms with E-state index >= 15 is 0 Å². The van der Waals surface area contributed by atoms with E-state index in [0.717, 1.165) is 0 Å². The molecule has 0 amide bonds. The van der Waals surface area contributed by atoms with Gasteiger partial charge in [-0.25, -0.2) is 16.8 Å². The highest BCUT2D eigenvalue weighted by molar-refractivity contribution is 7.95. The van der Waals surface area contributed by atoms with Gasteiger partial charge >= 0.3 is 0 Å². The van der Waals surface area contributed by atoms with Crippen LogP contribution in [0.15, 0.2) is 0 Å². The fraction of sp³-hybridized carbons (Fsp3) is 1.00. The summed E-state index contributed by atoms with van der Waals surface area (Å²) in [7, 11) is -6.73. The molecule has 110 valence electrons. The van der Waals surface area contributed by atoms with Gasteiger partial charge in [-0.15, -0.1) is 0 Å². The molecule has 0 N–H and O–H groups in total. The van der Waals surface area contributed by atoms with Crippen LogP contribution in [0.2, 0.25) is 0 Å². The summed E-state index contributed by atoms with van der Waals surface area (Å²) in [4.78, 5) is 0. The molecule has 0 aliphatic rings. The molecule has 0 rings (SSSR count). The standard InChI is InChI=1S/C10H22O6S2/c1-3-15-5-7-17(11,12)9-10-18(13,14)8-6-16-4-2/h3-10H2,1-2H3. The Morgan fingerprint density at radius 3 is 1.28 bits per heavy atom. The van der Waals surface area contributed by atoms with E-state index in [1.807, 2.05) is 0 Å². The normalized spacial score (nSPS) is 12.8. The SMILES string of the molecule is CCOCCS(=O)(=O)CCS(=O)(=O)CCOCC. The highest BCUT2D eigenvalue weighted by atomic mass is 32.2. The maximum absolute atomic E-state index is 11.5. The third-order valence-corrected chi connectivity index (χ3v) is 5.68. The van der Waals surface area contributed by atoms with Crippen LogP contribution in [0.3, 0.4) is 0 Å². The number of hydrogen-bond donors (Lipinski definition) is 0. The van der Waals surface area contributed by atoms with Gasteiger partial charge in [0.25, 0.3) is 0 Å². The minimum Gasteiger partial charge on any atom is -0.381 e. The van der Waals surface area contributed by atoms with E-state index in [-0.39, 0.29) is 36.2 Å². The molecular weight excluding hydrogens is 280 g/mol. The maximum atomic E-state index is 11.5. The van der Waals surface area contributed by atoms with Crippen molar-refractivity contribution in [3.8, 4) is 0 Å². The molecule has 0 aromatic heterocycles. The second-order valence-electron chi connectivity index (χ2n) is 3.70. The van der Waals surface area contributed by atoms with Crippen molar-refractivity contribution >= 4 is 19.7 Å². The van der Waals surface area contributed by atoms with Crippen LogP contribution < -0.4 is 0 Å². The Bertz CT molecular complexity index is 358. The molecule has 0 aliphatic heterocycles. The number of hydrogen-bond acceptors (Lipinski definition) is 6. The Balaban J connectivity index is 4.05. The van der Waals surface area contributed by atoms with E-state index in [0.29, 0.717) is 13.2 Å². The lowest BCUT2D eigenvalue weighted by molar-refractivity contribution is 0.163. The van der Waals surface area contributed by atoms with Gasteiger partial charge < -0.3 is 9.47 Å². The van der Waals surface area contributed by atoms with Crippen LogP contribution in [0.25, 0.3) is 0 Å². The minimum absolute atomic E-state index is 0.109. The molecule has 0 aromatic rings. The number of ether oxygens (including phenoxy) is 2. The first-order valence-corrected chi connectivity index (χ1v) is 9.53. The van der Waals surface area contributed by atoms with Crippen molar-refractivity contribution < 1.29 is 26.3 Å². The van der Waals surface area contributed by atoms with Crippen LogP contribution in [0, 0.1) is 0 Å². The molecule has 6 nitrogen and oxygen atoms in total. The molecule has 0 fully saturated rings. The van der Waals surface area contributed by atoms with Gasteiger partial charge in [-0.3, -0.25) is 0 Å². The number of sulfone groups is 2. The Morgan fingerprint density at radius 2 is 1.00 bits per heavy atom. The Hall–Kier alpha value is -0.180. The van der Waals surface area contributed by atoms with Gasteiger partial charge in [-0.2, -0.15) is 0 Å². The van der Waals surface area contributed by atoms with Crippen LogP contribution in [0.5, 0.6) is 0 Å². The lowest BCUT2D eigenvalue weighted by Gasteiger charge is -2.06. The predicted molar refractivity (Wildman–Crippen MR) is 70.3 cm³/mol. The second-order valence-corrected chi connectivity index (χ2v) is 8.30. The quantitative estimate of drug-likeness (QED) is 0.495. The summed E-state index contributed by atoms with van der Waals surface area (Å²) >= 11 is 0. The van der Waals surface area contributed by atoms with Crippen LogP contribution in [-0.4, -0.2) is 66.3 Å². The largest absolute Gasteiger partial charge is 0.381 e. The summed E-state index contributed by atoms with van der Waals surface area (Å²) in [5, 5.41) is 0. The maximum Gasteiger partial charge on any atom is 0.153 e. The van der Waals surface area contributed by atoms with E-state index in [4.69, 9.17) is 9.47 Å². The van der Waals surface area contributed by atoms with Gasteiger partial charge in [-0.05, 0) is 13.8 Å². The van der Waals surface area contributed by atoms with E-state index in [2.05, 4.69) is 0 Å². The average molecular weight is 302 g/mol. The molecule has 0 saturated carbocycles. The molecule has 0 spiro atoms. The summed E-state index contributed by atoms with van der Waals surface area (Å²) in [6, 6.07) is 0. The Labute approximate surface area is 110 Å². The van der Waals surface area contributed by atoms with Crippen LogP contribution in [0.4, 0.5) is 0 Å². The van der Waals surface area contributed by atoms with Gasteiger partial charge in [-0.1, -0.05) is 0 Å². The molecule has 0 aliphatic carbocycles. The zero-order valence-corrected chi connectivity index (χ0v) is 12.6. The van der Waals surface area contributed by atoms with E-state index in [9.17, 15) is 16.8 Å². The van der Waals surface area contributed by atoms with Gasteiger partial charge in [0.1, 0.15) is 0 Å². The summed E-state index contributed by atoms with van der Waals surface area (Å²) in [5.41, 5.74) is 0. The first kappa shape index (κ1) is 17.8. The molecule has 18 heavy (non-hydrogen) atoms. The van der Waals surface area contributed by atoms with Gasteiger partial charge in [0.15, 0.2) is 19.7 Å². The lowest BCUT2D eigenvalue weighted by Crippen LogP contribution is -2.24. The van der Waals surface area contributed by atoms with Crippen molar-refractivity contribution in [1.29, 1.82) is 0 Å². The van der Waals surface area contributed by atoms with Crippen molar-refractivity contribution in [1.82, 2.24) is 0 Å². The van der Waals surface area contributed by atoms with Crippen LogP contribution in [-0.2, 0) is 29.1 Å². The summed E-state index contributed by atoms with van der Waals surface area (Å²) in [6.07, 6.45) is 0. The predicted octanol–water partition coefficient (Wildman–Crippen LogP) is -0.111. The van der Waals surface area contributed by atoms with Crippen molar-refractivity contribution in [3.05, 3.63) is 0 Å². The third-order valence-electron chi connectivity index (χ3n) is 2.19. The summed E-state index contributed by atoms with van der Waals surface area (Å²) in [5.74, 6) is -0.979. The zero-order chi connectivity index (χ0) is 14.1. The fourth-order valence-corrected chi connectivity index (χ4v) is 4.30. The van der Waals surface area contributed by atoms with Crippen LogP contribution in [0.1, 0.15) is 13.8 Å². The zero-order valence-electron chi connectivity index (χ0n) is 10.9. The highest BCUT2D eigenvalue weighted by Crippen LogP contribution is 1.97. The van der Waals surface area contributed by atoms with E-state index < -0.39 is 19.7 Å². The molecule has 8 heteroatoms.